The molecule has 7 nitrogen and oxygen atoms in total. The highest BCUT2D eigenvalue weighted by Crippen LogP contribution is 2.34. The number of ether oxygens (including phenoxy) is 4. The second-order valence-corrected chi connectivity index (χ2v) is 9.10. The van der Waals surface area contributed by atoms with Gasteiger partial charge in [0, 0.05) is 6.61 Å². The van der Waals surface area contributed by atoms with Crippen LogP contribution in [0.25, 0.3) is 0 Å². The van der Waals surface area contributed by atoms with Crippen LogP contribution in [0.1, 0.15) is 32.8 Å². The highest BCUT2D eigenvalue weighted by molar-refractivity contribution is 7.87. The molecule has 0 spiro atoms. The Kier molecular flexibility index (Phi) is 8.14. The molecule has 0 bridgehead atoms. The molecule has 30 heavy (non-hydrogen) atoms. The molecule has 3 atom stereocenters. The minimum Gasteiger partial charge on any atom is -0.497 e. The van der Waals surface area contributed by atoms with Crippen LogP contribution in [0, 0.1) is 5.92 Å². The van der Waals surface area contributed by atoms with Crippen molar-refractivity contribution in [1.82, 2.24) is 0 Å². The maximum Gasteiger partial charge on any atom is 0.523 e. The minimum absolute atomic E-state index is 0.176. The fourth-order valence-electron chi connectivity index (χ4n) is 3.04. The van der Waals surface area contributed by atoms with Crippen molar-refractivity contribution in [3.05, 3.63) is 29.8 Å². The second kappa shape index (κ2) is 9.82. The van der Waals surface area contributed by atoms with E-state index in [1.54, 1.807) is 21.0 Å². The highest BCUT2D eigenvalue weighted by atomic mass is 32.2. The lowest BCUT2D eigenvalue weighted by molar-refractivity contribution is -0.152. The largest absolute Gasteiger partial charge is 0.523 e. The van der Waals surface area contributed by atoms with Gasteiger partial charge in [-0.25, -0.2) is 0 Å². The van der Waals surface area contributed by atoms with E-state index in [9.17, 15) is 21.6 Å². The summed E-state index contributed by atoms with van der Waals surface area (Å²) < 4.78 is 86.0. The SMILES string of the molecule is COc1ccc(COCC[C@@H](C)[C@H]2OC(C)(C)O[C@@H]2COS(=O)(=O)C(F)(F)F)cc1. The molecule has 0 amide bonds. The molecule has 0 radical (unpaired) electrons. The molecule has 0 aliphatic carbocycles. The van der Waals surface area contributed by atoms with E-state index in [0.717, 1.165) is 11.3 Å². The molecule has 1 aliphatic heterocycles. The number of hydrogen-bond acceptors (Lipinski definition) is 7. The van der Waals surface area contributed by atoms with Gasteiger partial charge in [-0.2, -0.15) is 21.6 Å². The summed E-state index contributed by atoms with van der Waals surface area (Å²) in [5, 5.41) is 0. The van der Waals surface area contributed by atoms with Gasteiger partial charge in [-0.05, 0) is 43.9 Å². The van der Waals surface area contributed by atoms with Gasteiger partial charge in [0.25, 0.3) is 0 Å². The molecule has 1 heterocycles. The quantitative estimate of drug-likeness (QED) is 0.302. The van der Waals surface area contributed by atoms with Crippen molar-refractivity contribution in [2.24, 2.45) is 5.92 Å². The molecule has 2 rings (SSSR count). The predicted octanol–water partition coefficient (Wildman–Crippen LogP) is 3.62. The number of rotatable bonds is 10. The number of alkyl halides is 3. The summed E-state index contributed by atoms with van der Waals surface area (Å²) in [6.07, 6.45) is -1.08. The van der Waals surface area contributed by atoms with Crippen molar-refractivity contribution < 1.29 is 44.7 Å². The molecule has 1 aliphatic rings. The van der Waals surface area contributed by atoms with Gasteiger partial charge in [-0.15, -0.1) is 0 Å². The summed E-state index contributed by atoms with van der Waals surface area (Å²) in [6, 6.07) is 7.42. The molecule has 11 heteroatoms. The van der Waals surface area contributed by atoms with Crippen molar-refractivity contribution >= 4 is 10.1 Å². The Hall–Kier alpha value is -1.40. The normalized spacial score (nSPS) is 22.8. The molecule has 0 unspecified atom stereocenters. The molecular formula is C19H27F3O7S. The van der Waals surface area contributed by atoms with Crippen LogP contribution in [0.15, 0.2) is 24.3 Å². The Bertz CT molecular complexity index is 778. The van der Waals surface area contributed by atoms with Crippen LogP contribution < -0.4 is 4.74 Å². The second-order valence-electron chi connectivity index (χ2n) is 7.49. The summed E-state index contributed by atoms with van der Waals surface area (Å²) in [5.41, 5.74) is -4.52. The zero-order chi connectivity index (χ0) is 22.6. The van der Waals surface area contributed by atoms with Crippen molar-refractivity contribution in [2.75, 3.05) is 20.3 Å². The monoisotopic (exact) mass is 456 g/mol. The Labute approximate surface area is 174 Å². The lowest BCUT2D eigenvalue weighted by Crippen LogP contribution is -2.36. The van der Waals surface area contributed by atoms with Crippen LogP contribution in [-0.4, -0.2) is 52.2 Å². The zero-order valence-corrected chi connectivity index (χ0v) is 18.1. The Morgan fingerprint density at radius 3 is 2.37 bits per heavy atom. The zero-order valence-electron chi connectivity index (χ0n) is 17.3. The van der Waals surface area contributed by atoms with Gasteiger partial charge in [-0.1, -0.05) is 19.1 Å². The molecule has 0 N–H and O–H groups in total. The third-order valence-corrected chi connectivity index (χ3v) is 5.61. The van der Waals surface area contributed by atoms with Gasteiger partial charge < -0.3 is 18.9 Å². The molecular weight excluding hydrogens is 429 g/mol. The van der Waals surface area contributed by atoms with Gasteiger partial charge in [0.2, 0.25) is 0 Å². The van der Waals surface area contributed by atoms with E-state index >= 15 is 0 Å². The van der Waals surface area contributed by atoms with Gasteiger partial charge >= 0.3 is 15.6 Å². The lowest BCUT2D eigenvalue weighted by Gasteiger charge is -2.23. The first kappa shape index (κ1) is 24.9. The summed E-state index contributed by atoms with van der Waals surface area (Å²) in [5.74, 6) is -0.502. The van der Waals surface area contributed by atoms with E-state index in [2.05, 4.69) is 4.18 Å². The Balaban J connectivity index is 1.86. The fourth-order valence-corrected chi connectivity index (χ4v) is 3.49. The van der Waals surface area contributed by atoms with Gasteiger partial charge in [0.1, 0.15) is 11.9 Å². The summed E-state index contributed by atoms with van der Waals surface area (Å²) >= 11 is 0. The maximum atomic E-state index is 12.5. The van der Waals surface area contributed by atoms with Crippen molar-refractivity contribution in [3.8, 4) is 5.75 Å². The first-order valence-corrected chi connectivity index (χ1v) is 10.8. The molecule has 0 aromatic heterocycles. The van der Waals surface area contributed by atoms with Crippen LogP contribution in [0.3, 0.4) is 0 Å². The van der Waals surface area contributed by atoms with E-state index in [1.807, 2.05) is 31.2 Å². The van der Waals surface area contributed by atoms with Crippen LogP contribution in [0.2, 0.25) is 0 Å². The van der Waals surface area contributed by atoms with E-state index in [0.29, 0.717) is 19.6 Å². The fraction of sp³-hybridized carbons (Fsp3) is 0.684. The smallest absolute Gasteiger partial charge is 0.497 e. The Morgan fingerprint density at radius 2 is 1.80 bits per heavy atom. The van der Waals surface area contributed by atoms with E-state index in [1.165, 1.54) is 0 Å². The van der Waals surface area contributed by atoms with Crippen LogP contribution in [0.5, 0.6) is 5.75 Å². The molecule has 1 saturated heterocycles. The van der Waals surface area contributed by atoms with Crippen LogP contribution in [0.4, 0.5) is 13.2 Å². The minimum atomic E-state index is -5.70. The third kappa shape index (κ3) is 6.81. The van der Waals surface area contributed by atoms with Crippen molar-refractivity contribution in [1.29, 1.82) is 0 Å². The van der Waals surface area contributed by atoms with Crippen molar-refractivity contribution in [2.45, 2.75) is 57.3 Å². The Morgan fingerprint density at radius 1 is 1.17 bits per heavy atom. The number of halogens is 3. The average molecular weight is 456 g/mol. The number of methoxy groups -OCH3 is 1. The topological polar surface area (TPSA) is 80.3 Å². The van der Waals surface area contributed by atoms with Gasteiger partial charge in [0.05, 0.1) is 26.4 Å². The first-order valence-electron chi connectivity index (χ1n) is 9.36. The summed E-state index contributed by atoms with van der Waals surface area (Å²) in [6.45, 7) is 5.02. The third-order valence-electron chi connectivity index (χ3n) is 4.60. The molecule has 1 aromatic carbocycles. The van der Waals surface area contributed by atoms with Crippen molar-refractivity contribution in [3.63, 3.8) is 0 Å². The van der Waals surface area contributed by atoms with E-state index < -0.39 is 40.2 Å². The highest BCUT2D eigenvalue weighted by Gasteiger charge is 2.50. The predicted molar refractivity (Wildman–Crippen MR) is 101 cm³/mol. The number of hydrogen-bond donors (Lipinski definition) is 0. The van der Waals surface area contributed by atoms with Gasteiger partial charge in [-0.3, -0.25) is 4.18 Å². The number of benzene rings is 1. The van der Waals surface area contributed by atoms with Gasteiger partial charge in [0.15, 0.2) is 5.79 Å². The van der Waals surface area contributed by atoms with Crippen LogP contribution >= 0.6 is 0 Å². The first-order chi connectivity index (χ1) is 13.8. The average Bonchev–Trinajstić information content (AvgIpc) is 2.98. The summed E-state index contributed by atoms with van der Waals surface area (Å²) in [4.78, 5) is 0. The molecule has 0 saturated carbocycles. The molecule has 1 fully saturated rings. The molecule has 172 valence electrons. The van der Waals surface area contributed by atoms with E-state index in [4.69, 9.17) is 18.9 Å². The van der Waals surface area contributed by atoms with Crippen LogP contribution in [-0.2, 0) is 35.1 Å². The maximum absolute atomic E-state index is 12.5. The van der Waals surface area contributed by atoms with E-state index in [-0.39, 0.29) is 5.92 Å². The molecule has 1 aromatic rings. The lowest BCUT2D eigenvalue weighted by atomic mass is 9.97. The standard InChI is InChI=1S/C19H27F3O7S/c1-13(9-10-26-11-14-5-7-15(25-4)8-6-14)17-16(28-18(2,3)29-17)12-27-30(23,24)19(20,21)22/h5-8,13,16-17H,9-12H2,1-4H3/t13-,16-,17-/m1/s1. The summed E-state index contributed by atoms with van der Waals surface area (Å²) in [7, 11) is -4.11.